The summed E-state index contributed by atoms with van der Waals surface area (Å²) in [6.07, 6.45) is 0. The van der Waals surface area contributed by atoms with Crippen molar-refractivity contribution in [2.24, 2.45) is 0 Å². The van der Waals surface area contributed by atoms with Crippen LogP contribution < -0.4 is 5.32 Å². The Hall–Kier alpha value is -3.27. The lowest BCUT2D eigenvalue weighted by molar-refractivity contribution is 0.628. The fraction of sp³-hybridized carbons (Fsp3) is 0.0476. The van der Waals surface area contributed by atoms with Gasteiger partial charge in [0.2, 0.25) is 0 Å². The molecule has 4 heteroatoms. The van der Waals surface area contributed by atoms with E-state index >= 15 is 0 Å². The van der Waals surface area contributed by atoms with Crippen molar-refractivity contribution in [2.75, 3.05) is 5.32 Å². The third-order valence-electron chi connectivity index (χ3n) is 4.00. The second kappa shape index (κ2) is 6.32. The zero-order valence-corrected chi connectivity index (χ0v) is 13.7. The zero-order valence-electron chi connectivity index (χ0n) is 13.7. The summed E-state index contributed by atoms with van der Waals surface area (Å²) in [5.74, 6) is 1.01. The molecule has 0 atom stereocenters. The molecule has 122 valence electrons. The number of hydrogen-bond acceptors (Lipinski definition) is 3. The molecule has 0 radical (unpaired) electrons. The van der Waals surface area contributed by atoms with E-state index in [2.05, 4.69) is 15.3 Å². The average Bonchev–Trinajstić information content (AvgIpc) is 2.62. The van der Waals surface area contributed by atoms with Gasteiger partial charge in [-0.2, -0.15) is 0 Å². The maximum Gasteiger partial charge on any atom is 0.162 e. The number of para-hydroxylation sites is 1. The van der Waals surface area contributed by atoms with Crippen molar-refractivity contribution in [1.82, 2.24) is 9.97 Å². The van der Waals surface area contributed by atoms with Gasteiger partial charge in [0.15, 0.2) is 5.82 Å². The first-order chi connectivity index (χ1) is 12.2. The molecule has 4 rings (SSSR count). The summed E-state index contributed by atoms with van der Waals surface area (Å²) >= 11 is 0. The molecule has 0 aliphatic heterocycles. The van der Waals surface area contributed by atoms with Crippen molar-refractivity contribution in [3.63, 3.8) is 0 Å². The highest BCUT2D eigenvalue weighted by molar-refractivity contribution is 5.92. The fourth-order valence-corrected chi connectivity index (χ4v) is 2.71. The third kappa shape index (κ3) is 3.19. The Morgan fingerprint density at radius 3 is 2.44 bits per heavy atom. The summed E-state index contributed by atoms with van der Waals surface area (Å²) in [6.45, 7) is 2.04. The van der Waals surface area contributed by atoms with Crippen LogP contribution in [-0.4, -0.2) is 9.97 Å². The number of aromatic nitrogens is 2. The number of anilines is 2. The average molecular weight is 329 g/mol. The van der Waals surface area contributed by atoms with Gasteiger partial charge in [-0.15, -0.1) is 0 Å². The van der Waals surface area contributed by atoms with Crippen LogP contribution in [0.3, 0.4) is 0 Å². The molecule has 0 amide bonds. The van der Waals surface area contributed by atoms with Crippen LogP contribution in [0.4, 0.5) is 15.9 Å². The van der Waals surface area contributed by atoms with E-state index in [1.54, 1.807) is 6.07 Å². The summed E-state index contributed by atoms with van der Waals surface area (Å²) < 4.78 is 13.5. The lowest BCUT2D eigenvalue weighted by Gasteiger charge is -2.11. The molecule has 0 unspecified atom stereocenters. The minimum absolute atomic E-state index is 0.290. The van der Waals surface area contributed by atoms with E-state index in [4.69, 9.17) is 0 Å². The second-order valence-corrected chi connectivity index (χ2v) is 5.91. The van der Waals surface area contributed by atoms with Gasteiger partial charge in [0.25, 0.3) is 0 Å². The molecule has 0 fully saturated rings. The van der Waals surface area contributed by atoms with Crippen molar-refractivity contribution in [2.45, 2.75) is 6.92 Å². The molecule has 1 heterocycles. The molecule has 0 aliphatic rings. The van der Waals surface area contributed by atoms with Crippen molar-refractivity contribution in [1.29, 1.82) is 0 Å². The van der Waals surface area contributed by atoms with Gasteiger partial charge in [0.1, 0.15) is 11.6 Å². The van der Waals surface area contributed by atoms with Crippen LogP contribution in [0.25, 0.3) is 22.3 Å². The number of benzene rings is 3. The van der Waals surface area contributed by atoms with Gasteiger partial charge >= 0.3 is 0 Å². The molecule has 0 saturated carbocycles. The number of hydrogen-bond donors (Lipinski definition) is 1. The van der Waals surface area contributed by atoms with Crippen molar-refractivity contribution in [3.8, 4) is 11.4 Å². The first-order valence-electron chi connectivity index (χ1n) is 8.05. The number of nitrogens with one attached hydrogen (secondary N) is 1. The van der Waals surface area contributed by atoms with E-state index in [0.29, 0.717) is 17.3 Å². The van der Waals surface area contributed by atoms with E-state index < -0.39 is 0 Å². The lowest BCUT2D eigenvalue weighted by atomic mass is 10.1. The number of aryl methyl sites for hydroxylation is 1. The first-order valence-corrected chi connectivity index (χ1v) is 8.05. The molecular weight excluding hydrogens is 313 g/mol. The molecule has 0 spiro atoms. The molecule has 3 aromatic carbocycles. The predicted molar refractivity (Wildman–Crippen MR) is 99.4 cm³/mol. The molecular formula is C21H16FN3. The SMILES string of the molecule is Cc1ccc(-c2nc(Nc3cccc(F)c3)c3ccccc3n2)cc1. The standard InChI is InChI=1S/C21H16FN3/c1-14-9-11-15(12-10-14)20-24-19-8-3-2-7-18(19)21(25-20)23-17-6-4-5-16(22)13-17/h2-13H,1H3,(H,23,24,25). The minimum atomic E-state index is -0.290. The molecule has 25 heavy (non-hydrogen) atoms. The number of nitrogens with zero attached hydrogens (tertiary/aromatic N) is 2. The highest BCUT2D eigenvalue weighted by atomic mass is 19.1. The topological polar surface area (TPSA) is 37.8 Å². The number of rotatable bonds is 3. The largest absolute Gasteiger partial charge is 0.340 e. The molecule has 0 bridgehead atoms. The van der Waals surface area contributed by atoms with Gasteiger partial charge in [-0.1, -0.05) is 48.0 Å². The molecule has 0 saturated heterocycles. The molecule has 1 N–H and O–H groups in total. The van der Waals surface area contributed by atoms with Gasteiger partial charge in [0.05, 0.1) is 5.52 Å². The van der Waals surface area contributed by atoms with Crippen LogP contribution in [0.2, 0.25) is 0 Å². The lowest BCUT2D eigenvalue weighted by Crippen LogP contribution is -1.99. The number of fused-ring (bicyclic) bond motifs is 1. The minimum Gasteiger partial charge on any atom is -0.340 e. The van der Waals surface area contributed by atoms with Crippen LogP contribution in [-0.2, 0) is 0 Å². The summed E-state index contributed by atoms with van der Waals surface area (Å²) in [5.41, 5.74) is 3.62. The van der Waals surface area contributed by atoms with Gasteiger partial charge in [-0.3, -0.25) is 0 Å². The summed E-state index contributed by atoms with van der Waals surface area (Å²) in [4.78, 5) is 9.35. The highest BCUT2D eigenvalue weighted by Gasteiger charge is 2.10. The van der Waals surface area contributed by atoms with Crippen LogP contribution in [0.1, 0.15) is 5.56 Å². The van der Waals surface area contributed by atoms with Crippen LogP contribution in [0.15, 0.2) is 72.8 Å². The van der Waals surface area contributed by atoms with Crippen LogP contribution >= 0.6 is 0 Å². The number of halogens is 1. The molecule has 4 aromatic rings. The van der Waals surface area contributed by atoms with Gasteiger partial charge in [-0.05, 0) is 37.3 Å². The van der Waals surface area contributed by atoms with Crippen molar-refractivity contribution in [3.05, 3.63) is 84.2 Å². The third-order valence-corrected chi connectivity index (χ3v) is 4.00. The summed E-state index contributed by atoms with van der Waals surface area (Å²) in [5, 5.41) is 4.11. The summed E-state index contributed by atoms with van der Waals surface area (Å²) in [7, 11) is 0. The normalized spacial score (nSPS) is 10.8. The molecule has 1 aromatic heterocycles. The zero-order chi connectivity index (χ0) is 17.2. The Balaban J connectivity index is 1.85. The van der Waals surface area contributed by atoms with Gasteiger partial charge < -0.3 is 5.32 Å². The Labute approximate surface area is 145 Å². The smallest absolute Gasteiger partial charge is 0.162 e. The molecule has 0 aliphatic carbocycles. The second-order valence-electron chi connectivity index (χ2n) is 5.91. The van der Waals surface area contributed by atoms with Crippen LogP contribution in [0, 0.1) is 12.7 Å². The Bertz CT molecular complexity index is 1040. The fourth-order valence-electron chi connectivity index (χ4n) is 2.71. The van der Waals surface area contributed by atoms with E-state index in [9.17, 15) is 4.39 Å². The quantitative estimate of drug-likeness (QED) is 0.540. The van der Waals surface area contributed by atoms with E-state index in [1.807, 2.05) is 61.5 Å². The Kier molecular flexibility index (Phi) is 3.86. The van der Waals surface area contributed by atoms with E-state index in [1.165, 1.54) is 17.7 Å². The van der Waals surface area contributed by atoms with Crippen molar-refractivity contribution < 1.29 is 4.39 Å². The van der Waals surface area contributed by atoms with Crippen LogP contribution in [0.5, 0.6) is 0 Å². The van der Waals surface area contributed by atoms with E-state index in [0.717, 1.165) is 16.5 Å². The predicted octanol–water partition coefficient (Wildman–Crippen LogP) is 5.49. The highest BCUT2D eigenvalue weighted by Crippen LogP contribution is 2.27. The first kappa shape index (κ1) is 15.3. The van der Waals surface area contributed by atoms with Gasteiger partial charge in [0, 0.05) is 16.6 Å². The van der Waals surface area contributed by atoms with Crippen molar-refractivity contribution >= 4 is 22.4 Å². The summed E-state index contributed by atoms with van der Waals surface area (Å²) in [6, 6.07) is 22.2. The monoisotopic (exact) mass is 329 g/mol. The maximum atomic E-state index is 13.5. The molecule has 3 nitrogen and oxygen atoms in total. The van der Waals surface area contributed by atoms with Gasteiger partial charge in [-0.25, -0.2) is 14.4 Å². The maximum absolute atomic E-state index is 13.5. The Morgan fingerprint density at radius 2 is 1.64 bits per heavy atom. The Morgan fingerprint density at radius 1 is 0.840 bits per heavy atom. The van der Waals surface area contributed by atoms with E-state index in [-0.39, 0.29) is 5.82 Å².